The number of rotatable bonds is 6. The summed E-state index contributed by atoms with van der Waals surface area (Å²) in [7, 11) is 0. The maximum absolute atomic E-state index is 10.9. The van der Waals surface area contributed by atoms with E-state index in [1.165, 1.54) is 0 Å². The summed E-state index contributed by atoms with van der Waals surface area (Å²) < 4.78 is 4.94. The predicted molar refractivity (Wildman–Crippen MR) is 51.0 cm³/mol. The third kappa shape index (κ3) is 7.55. The molecule has 0 heterocycles. The third-order valence-electron chi connectivity index (χ3n) is 1.58. The lowest BCUT2D eigenvalue weighted by atomic mass is 10.3. The number of hydrazine groups is 1. The minimum absolute atomic E-state index is 0.0451. The second kappa shape index (κ2) is 7.82. The van der Waals surface area contributed by atoms with Crippen molar-refractivity contribution in [3.63, 3.8) is 0 Å². The van der Waals surface area contributed by atoms with E-state index in [2.05, 4.69) is 10.9 Å². The van der Waals surface area contributed by atoms with E-state index in [0.717, 1.165) is 12.8 Å². The fraction of sp³-hybridized carbons (Fsp3) is 0.875. The molecule has 1 unspecified atom stereocenters. The minimum Gasteiger partial charge on any atom is -0.446 e. The Kier molecular flexibility index (Phi) is 7.33. The average Bonchev–Trinajstić information content (AvgIpc) is 2.12. The fourth-order valence-electron chi connectivity index (χ4n) is 0.621. The minimum atomic E-state index is -0.439. The van der Waals surface area contributed by atoms with E-state index in [-0.39, 0.29) is 6.10 Å². The largest absolute Gasteiger partial charge is 0.446 e. The molecule has 0 aliphatic carbocycles. The van der Waals surface area contributed by atoms with E-state index in [1.807, 2.05) is 13.8 Å². The van der Waals surface area contributed by atoms with Gasteiger partial charge in [-0.2, -0.15) is 0 Å². The molecular formula is C8H19N3O2. The van der Waals surface area contributed by atoms with Gasteiger partial charge in [0.25, 0.3) is 0 Å². The molecule has 1 atom stereocenters. The normalized spacial score (nSPS) is 12.2. The van der Waals surface area contributed by atoms with Crippen molar-refractivity contribution >= 4 is 6.09 Å². The van der Waals surface area contributed by atoms with Crippen molar-refractivity contribution in [2.24, 2.45) is 5.73 Å². The molecule has 0 aromatic carbocycles. The Hall–Kier alpha value is -0.810. The van der Waals surface area contributed by atoms with E-state index >= 15 is 0 Å². The highest BCUT2D eigenvalue weighted by Crippen LogP contribution is 1.94. The van der Waals surface area contributed by atoms with Crippen LogP contribution in [-0.4, -0.2) is 25.3 Å². The lowest BCUT2D eigenvalue weighted by molar-refractivity contribution is 0.101. The number of carbonyl (C=O) groups excluding carboxylic acids is 1. The van der Waals surface area contributed by atoms with Gasteiger partial charge in [-0.05, 0) is 26.3 Å². The van der Waals surface area contributed by atoms with E-state index in [4.69, 9.17) is 10.5 Å². The van der Waals surface area contributed by atoms with Gasteiger partial charge < -0.3 is 10.5 Å². The Balaban J connectivity index is 3.30. The molecule has 78 valence electrons. The van der Waals surface area contributed by atoms with Crippen LogP contribution in [0, 0.1) is 0 Å². The van der Waals surface area contributed by atoms with Gasteiger partial charge in [0.1, 0.15) is 6.10 Å². The first-order valence-electron chi connectivity index (χ1n) is 4.60. The highest BCUT2D eigenvalue weighted by molar-refractivity contribution is 5.66. The zero-order valence-corrected chi connectivity index (χ0v) is 8.30. The van der Waals surface area contributed by atoms with Crippen LogP contribution in [0.1, 0.15) is 26.7 Å². The van der Waals surface area contributed by atoms with Gasteiger partial charge in [0, 0.05) is 6.54 Å². The van der Waals surface area contributed by atoms with E-state index in [1.54, 1.807) is 0 Å². The molecule has 0 aliphatic heterocycles. The number of hydrogen-bond acceptors (Lipinski definition) is 4. The van der Waals surface area contributed by atoms with Crippen molar-refractivity contribution in [3.05, 3.63) is 0 Å². The first-order valence-corrected chi connectivity index (χ1v) is 4.60. The molecule has 0 fully saturated rings. The zero-order chi connectivity index (χ0) is 10.1. The van der Waals surface area contributed by atoms with Crippen molar-refractivity contribution in [1.82, 2.24) is 10.9 Å². The van der Waals surface area contributed by atoms with Crippen molar-refractivity contribution in [2.75, 3.05) is 13.1 Å². The van der Waals surface area contributed by atoms with Gasteiger partial charge in [-0.15, -0.1) is 0 Å². The number of nitrogens with one attached hydrogen (secondary N) is 2. The molecule has 0 aliphatic rings. The predicted octanol–water partition coefficient (Wildman–Crippen LogP) is 0.365. The smallest absolute Gasteiger partial charge is 0.421 e. The molecular weight excluding hydrogens is 170 g/mol. The molecule has 0 spiro atoms. The molecule has 5 heteroatoms. The van der Waals surface area contributed by atoms with E-state index in [0.29, 0.717) is 13.1 Å². The summed E-state index contributed by atoms with van der Waals surface area (Å²) in [6.45, 7) is 5.07. The second-order valence-corrected chi connectivity index (χ2v) is 2.82. The summed E-state index contributed by atoms with van der Waals surface area (Å²) in [6.07, 6.45) is 1.16. The number of amides is 1. The van der Waals surface area contributed by atoms with Crippen molar-refractivity contribution < 1.29 is 9.53 Å². The van der Waals surface area contributed by atoms with Gasteiger partial charge in [0.05, 0.1) is 0 Å². The lowest BCUT2D eigenvalue weighted by Crippen LogP contribution is -2.40. The molecule has 0 aromatic heterocycles. The Bertz CT molecular complexity index is 141. The van der Waals surface area contributed by atoms with Crippen LogP contribution in [0.2, 0.25) is 0 Å². The van der Waals surface area contributed by atoms with Crippen LogP contribution in [-0.2, 0) is 4.74 Å². The molecule has 1 amide bonds. The molecule has 5 nitrogen and oxygen atoms in total. The van der Waals surface area contributed by atoms with Gasteiger partial charge in [-0.3, -0.25) is 5.43 Å². The monoisotopic (exact) mass is 189 g/mol. The van der Waals surface area contributed by atoms with Gasteiger partial charge >= 0.3 is 6.09 Å². The van der Waals surface area contributed by atoms with Crippen LogP contribution in [0.4, 0.5) is 4.79 Å². The van der Waals surface area contributed by atoms with Crippen LogP contribution in [0.15, 0.2) is 0 Å². The summed E-state index contributed by atoms with van der Waals surface area (Å²) in [5.74, 6) is 0. The van der Waals surface area contributed by atoms with Crippen molar-refractivity contribution in [2.45, 2.75) is 32.8 Å². The lowest BCUT2D eigenvalue weighted by Gasteiger charge is -2.11. The van der Waals surface area contributed by atoms with Gasteiger partial charge in [0.15, 0.2) is 0 Å². The molecule has 0 bridgehead atoms. The summed E-state index contributed by atoms with van der Waals surface area (Å²) in [5, 5.41) is 0. The average molecular weight is 189 g/mol. The summed E-state index contributed by atoms with van der Waals surface area (Å²) in [4.78, 5) is 10.9. The number of ether oxygens (including phenoxy) is 1. The van der Waals surface area contributed by atoms with E-state index in [9.17, 15) is 4.79 Å². The summed E-state index contributed by atoms with van der Waals surface area (Å²) in [5.41, 5.74) is 10.4. The summed E-state index contributed by atoms with van der Waals surface area (Å²) >= 11 is 0. The number of hydrogen-bond donors (Lipinski definition) is 3. The summed E-state index contributed by atoms with van der Waals surface area (Å²) in [6, 6.07) is 0. The molecule has 4 N–H and O–H groups in total. The van der Waals surface area contributed by atoms with Crippen LogP contribution in [0.25, 0.3) is 0 Å². The molecule has 0 aromatic rings. The topological polar surface area (TPSA) is 76.4 Å². The Morgan fingerprint density at radius 3 is 2.85 bits per heavy atom. The second-order valence-electron chi connectivity index (χ2n) is 2.82. The van der Waals surface area contributed by atoms with Crippen molar-refractivity contribution in [3.8, 4) is 0 Å². The SMILES string of the molecule is CCC(C)OC(=O)NNCCCN. The van der Waals surface area contributed by atoms with Gasteiger partial charge in [-0.1, -0.05) is 6.92 Å². The van der Waals surface area contributed by atoms with Crippen LogP contribution >= 0.6 is 0 Å². The zero-order valence-electron chi connectivity index (χ0n) is 8.30. The van der Waals surface area contributed by atoms with Crippen LogP contribution in [0.3, 0.4) is 0 Å². The molecule has 0 rings (SSSR count). The number of carbonyl (C=O) groups is 1. The van der Waals surface area contributed by atoms with Gasteiger partial charge in [-0.25, -0.2) is 10.2 Å². The Morgan fingerprint density at radius 2 is 2.31 bits per heavy atom. The molecule has 13 heavy (non-hydrogen) atoms. The highest BCUT2D eigenvalue weighted by Gasteiger charge is 2.05. The maximum Gasteiger partial charge on any atom is 0.421 e. The first-order chi connectivity index (χ1) is 6.20. The third-order valence-corrected chi connectivity index (χ3v) is 1.58. The van der Waals surface area contributed by atoms with Crippen LogP contribution < -0.4 is 16.6 Å². The molecule has 0 saturated carbocycles. The van der Waals surface area contributed by atoms with E-state index < -0.39 is 6.09 Å². The van der Waals surface area contributed by atoms with Gasteiger partial charge in [0.2, 0.25) is 0 Å². The quantitative estimate of drug-likeness (QED) is 0.416. The van der Waals surface area contributed by atoms with Crippen molar-refractivity contribution in [1.29, 1.82) is 0 Å². The fourth-order valence-corrected chi connectivity index (χ4v) is 0.621. The Labute approximate surface area is 79.0 Å². The highest BCUT2D eigenvalue weighted by atomic mass is 16.6. The Morgan fingerprint density at radius 1 is 1.62 bits per heavy atom. The van der Waals surface area contributed by atoms with Crippen LogP contribution in [0.5, 0.6) is 0 Å². The maximum atomic E-state index is 10.9. The first kappa shape index (κ1) is 12.2. The molecule has 0 radical (unpaired) electrons. The number of nitrogens with two attached hydrogens (primary N) is 1. The standard InChI is InChI=1S/C8H19N3O2/c1-3-7(2)13-8(12)11-10-6-4-5-9/h7,10H,3-6,9H2,1-2H3,(H,11,12). The molecule has 0 saturated heterocycles.